The van der Waals surface area contributed by atoms with Gasteiger partial charge in [-0.2, -0.15) is 10.2 Å². The molecule has 1 amide bonds. The van der Waals surface area contributed by atoms with Crippen LogP contribution >= 0.6 is 0 Å². The summed E-state index contributed by atoms with van der Waals surface area (Å²) in [5.41, 5.74) is 2.65. The summed E-state index contributed by atoms with van der Waals surface area (Å²) < 4.78 is 9.22. The van der Waals surface area contributed by atoms with E-state index in [0.717, 1.165) is 24.3 Å². The highest BCUT2D eigenvalue weighted by atomic mass is 16.5. The molecule has 0 atom stereocenters. The fourth-order valence-corrected chi connectivity index (χ4v) is 2.62. The molecule has 2 aromatic heterocycles. The lowest BCUT2D eigenvalue weighted by molar-refractivity contribution is 0.0945. The van der Waals surface area contributed by atoms with E-state index < -0.39 is 0 Å². The number of nitrogens with zero attached hydrogens (tertiary/aromatic N) is 4. The van der Waals surface area contributed by atoms with E-state index in [-0.39, 0.29) is 12.6 Å². The van der Waals surface area contributed by atoms with Gasteiger partial charge < -0.3 is 10.1 Å². The molecular weight excluding hydrogens is 330 g/mol. The summed E-state index contributed by atoms with van der Waals surface area (Å²) in [7, 11) is 0. The van der Waals surface area contributed by atoms with Crippen molar-refractivity contribution in [3.05, 3.63) is 65.7 Å². The van der Waals surface area contributed by atoms with Crippen LogP contribution in [0.5, 0.6) is 5.75 Å². The van der Waals surface area contributed by atoms with Crippen molar-refractivity contribution in [3.63, 3.8) is 0 Å². The lowest BCUT2D eigenvalue weighted by Gasteiger charge is -2.09. The molecule has 7 heteroatoms. The van der Waals surface area contributed by atoms with E-state index in [0.29, 0.717) is 12.2 Å². The molecule has 2 heterocycles. The maximum Gasteiger partial charge on any atom is 0.271 e. The summed E-state index contributed by atoms with van der Waals surface area (Å²) in [6.07, 6.45) is 6.19. The highest BCUT2D eigenvalue weighted by Crippen LogP contribution is 2.18. The lowest BCUT2D eigenvalue weighted by atomic mass is 10.1. The number of carbonyl (C=O) groups excluding carboxylic acids is 1. The number of benzene rings is 1. The number of aromatic nitrogens is 4. The maximum atomic E-state index is 12.1. The Labute approximate surface area is 152 Å². The second-order valence-electron chi connectivity index (χ2n) is 6.16. The summed E-state index contributed by atoms with van der Waals surface area (Å²) in [6, 6.07) is 9.59. The lowest BCUT2D eigenvalue weighted by Crippen LogP contribution is -2.26. The van der Waals surface area contributed by atoms with Gasteiger partial charge >= 0.3 is 0 Å². The average molecular weight is 353 g/mol. The van der Waals surface area contributed by atoms with Crippen LogP contribution in [0.3, 0.4) is 0 Å². The first kappa shape index (κ1) is 17.7. The molecule has 0 aliphatic heterocycles. The molecule has 0 spiro atoms. The van der Waals surface area contributed by atoms with Crippen LogP contribution in [0, 0.1) is 13.8 Å². The van der Waals surface area contributed by atoms with Crippen LogP contribution in [-0.2, 0) is 13.3 Å². The van der Waals surface area contributed by atoms with E-state index in [9.17, 15) is 4.79 Å². The van der Waals surface area contributed by atoms with Gasteiger partial charge in [0.2, 0.25) is 0 Å². The quantitative estimate of drug-likeness (QED) is 0.632. The van der Waals surface area contributed by atoms with Crippen LogP contribution in [0.4, 0.5) is 0 Å². The number of hydrogen-bond donors (Lipinski definition) is 1. The average Bonchev–Trinajstić information content (AvgIpc) is 3.29. The smallest absolute Gasteiger partial charge is 0.271 e. The third kappa shape index (κ3) is 4.72. The first-order chi connectivity index (χ1) is 12.6. The van der Waals surface area contributed by atoms with E-state index in [1.54, 1.807) is 23.1 Å². The predicted octanol–water partition coefficient (Wildman–Crippen LogP) is 2.55. The highest BCUT2D eigenvalue weighted by molar-refractivity contribution is 5.92. The minimum Gasteiger partial charge on any atom is -0.471 e. The number of nitrogens with one attached hydrogen (secondary N) is 1. The van der Waals surface area contributed by atoms with Gasteiger partial charge in [0.25, 0.3) is 5.91 Å². The Hall–Kier alpha value is -3.09. The van der Waals surface area contributed by atoms with Gasteiger partial charge in [0.1, 0.15) is 11.4 Å². The highest BCUT2D eigenvalue weighted by Gasteiger charge is 2.09. The fraction of sp³-hybridized carbons (Fsp3) is 0.316. The van der Waals surface area contributed by atoms with E-state index in [2.05, 4.69) is 21.6 Å². The van der Waals surface area contributed by atoms with Crippen LogP contribution in [0.25, 0.3) is 0 Å². The first-order valence-corrected chi connectivity index (χ1v) is 8.61. The van der Waals surface area contributed by atoms with Crippen molar-refractivity contribution >= 4 is 5.91 Å². The van der Waals surface area contributed by atoms with E-state index in [1.807, 2.05) is 42.9 Å². The molecule has 0 saturated heterocycles. The molecule has 3 aromatic rings. The van der Waals surface area contributed by atoms with Gasteiger partial charge in [-0.15, -0.1) is 0 Å². The summed E-state index contributed by atoms with van der Waals surface area (Å²) in [5.74, 6) is 0.631. The van der Waals surface area contributed by atoms with Gasteiger partial charge in [-0.25, -0.2) is 4.68 Å². The monoisotopic (exact) mass is 353 g/mol. The number of aryl methyl sites for hydroxylation is 3. The third-order valence-corrected chi connectivity index (χ3v) is 3.96. The molecule has 136 valence electrons. The number of hydrogen-bond acceptors (Lipinski definition) is 4. The predicted molar refractivity (Wildman–Crippen MR) is 97.9 cm³/mol. The first-order valence-electron chi connectivity index (χ1n) is 8.61. The second kappa shape index (κ2) is 8.33. The summed E-state index contributed by atoms with van der Waals surface area (Å²) >= 11 is 0. The molecule has 0 aliphatic rings. The largest absolute Gasteiger partial charge is 0.471 e. The van der Waals surface area contributed by atoms with Gasteiger partial charge in [-0.05, 0) is 44.0 Å². The molecule has 0 saturated carbocycles. The van der Waals surface area contributed by atoms with Gasteiger partial charge in [-0.3, -0.25) is 9.48 Å². The molecule has 26 heavy (non-hydrogen) atoms. The van der Waals surface area contributed by atoms with Gasteiger partial charge in [0.05, 0.1) is 0 Å². The third-order valence-electron chi connectivity index (χ3n) is 3.96. The number of carbonyl (C=O) groups is 1. The molecule has 7 nitrogen and oxygen atoms in total. The maximum absolute atomic E-state index is 12.1. The molecule has 0 unspecified atom stereocenters. The molecule has 0 fully saturated rings. The van der Waals surface area contributed by atoms with Crippen LogP contribution in [0.2, 0.25) is 0 Å². The Kier molecular flexibility index (Phi) is 5.68. The molecule has 3 rings (SSSR count). The Morgan fingerprint density at radius 3 is 2.85 bits per heavy atom. The van der Waals surface area contributed by atoms with Crippen LogP contribution < -0.4 is 10.1 Å². The van der Waals surface area contributed by atoms with E-state index in [4.69, 9.17) is 4.74 Å². The van der Waals surface area contributed by atoms with Crippen molar-refractivity contribution in [1.82, 2.24) is 24.9 Å². The van der Waals surface area contributed by atoms with Gasteiger partial charge in [0, 0.05) is 31.7 Å². The Balaban J connectivity index is 1.45. The van der Waals surface area contributed by atoms with E-state index >= 15 is 0 Å². The Bertz CT molecular complexity index is 855. The number of amides is 1. The van der Waals surface area contributed by atoms with Crippen LogP contribution in [0.1, 0.15) is 28.0 Å². The summed E-state index contributed by atoms with van der Waals surface area (Å²) in [4.78, 5) is 12.1. The molecule has 0 radical (unpaired) electrons. The summed E-state index contributed by atoms with van der Waals surface area (Å²) in [5, 5.41) is 11.3. The zero-order valence-electron chi connectivity index (χ0n) is 15.1. The number of ether oxygens (including phenoxy) is 1. The molecule has 0 bridgehead atoms. The zero-order chi connectivity index (χ0) is 18.4. The van der Waals surface area contributed by atoms with Crippen molar-refractivity contribution in [2.45, 2.75) is 33.5 Å². The van der Waals surface area contributed by atoms with Crippen LogP contribution in [0.15, 0.2) is 48.9 Å². The minimum absolute atomic E-state index is 0.185. The molecular formula is C19H23N5O2. The van der Waals surface area contributed by atoms with E-state index in [1.165, 1.54) is 5.56 Å². The van der Waals surface area contributed by atoms with Crippen LogP contribution in [-0.4, -0.2) is 32.0 Å². The SMILES string of the molecule is Cc1ccc(OCn2ccc(C(=O)NCCCn3cccn3)n2)c(C)c1. The van der Waals surface area contributed by atoms with Crippen molar-refractivity contribution < 1.29 is 9.53 Å². The zero-order valence-corrected chi connectivity index (χ0v) is 15.1. The standard InChI is InChI=1S/C19H23N5O2/c1-15-5-6-18(16(2)13-15)26-14-24-12-7-17(22-24)19(25)20-8-3-10-23-11-4-9-21-23/h4-7,9,11-13H,3,8,10,14H2,1-2H3,(H,20,25). The Morgan fingerprint density at radius 2 is 2.08 bits per heavy atom. The van der Waals surface area contributed by atoms with Crippen molar-refractivity contribution in [1.29, 1.82) is 0 Å². The second-order valence-corrected chi connectivity index (χ2v) is 6.16. The van der Waals surface area contributed by atoms with Gasteiger partial charge in [-0.1, -0.05) is 17.7 Å². The number of rotatable bonds is 8. The minimum atomic E-state index is -0.185. The molecule has 0 aliphatic carbocycles. The van der Waals surface area contributed by atoms with Crippen molar-refractivity contribution in [3.8, 4) is 5.75 Å². The fourth-order valence-electron chi connectivity index (χ4n) is 2.62. The Morgan fingerprint density at radius 1 is 1.19 bits per heavy atom. The summed E-state index contributed by atoms with van der Waals surface area (Å²) in [6.45, 7) is 5.66. The normalized spacial score (nSPS) is 10.7. The van der Waals surface area contributed by atoms with Gasteiger partial charge in [0.15, 0.2) is 6.73 Å². The van der Waals surface area contributed by atoms with Crippen molar-refractivity contribution in [2.75, 3.05) is 6.54 Å². The van der Waals surface area contributed by atoms with Crippen molar-refractivity contribution in [2.24, 2.45) is 0 Å². The topological polar surface area (TPSA) is 74.0 Å². The molecule has 1 N–H and O–H groups in total. The molecule has 1 aromatic carbocycles.